The minimum absolute atomic E-state index is 0.0670. The predicted molar refractivity (Wildman–Crippen MR) is 67.3 cm³/mol. The fourth-order valence-electron chi connectivity index (χ4n) is 1.53. The lowest BCUT2D eigenvalue weighted by atomic mass is 10.1. The van der Waals surface area contributed by atoms with Gasteiger partial charge in [0.2, 0.25) is 0 Å². The van der Waals surface area contributed by atoms with Gasteiger partial charge in [0, 0.05) is 7.05 Å². The number of hydrogen-bond acceptors (Lipinski definition) is 3. The summed E-state index contributed by atoms with van der Waals surface area (Å²) in [7, 11) is 1.64. The van der Waals surface area contributed by atoms with Crippen LogP contribution in [0, 0.1) is 0 Å². The van der Waals surface area contributed by atoms with Crippen molar-refractivity contribution in [3.8, 4) is 0 Å². The highest BCUT2D eigenvalue weighted by Gasteiger charge is 2.00. The third-order valence-corrected chi connectivity index (χ3v) is 2.33. The molecule has 0 atom stereocenters. The second-order valence-electron chi connectivity index (χ2n) is 3.86. The van der Waals surface area contributed by atoms with Gasteiger partial charge < -0.3 is 4.74 Å². The molecular formula is C13H20N2O2. The van der Waals surface area contributed by atoms with Crippen molar-refractivity contribution in [2.45, 2.75) is 26.4 Å². The van der Waals surface area contributed by atoms with Crippen LogP contribution in [-0.4, -0.2) is 19.6 Å². The van der Waals surface area contributed by atoms with E-state index >= 15 is 0 Å². The van der Waals surface area contributed by atoms with Gasteiger partial charge in [0.25, 0.3) is 5.91 Å². The zero-order valence-corrected chi connectivity index (χ0v) is 10.5. The van der Waals surface area contributed by atoms with Crippen molar-refractivity contribution >= 4 is 5.91 Å². The minimum Gasteiger partial charge on any atom is -0.367 e. The Morgan fingerprint density at radius 3 is 2.47 bits per heavy atom. The van der Waals surface area contributed by atoms with Crippen LogP contribution in [0.15, 0.2) is 24.3 Å². The van der Waals surface area contributed by atoms with Gasteiger partial charge in [-0.05, 0) is 17.5 Å². The summed E-state index contributed by atoms with van der Waals surface area (Å²) in [6.07, 6.45) is 2.26. The largest absolute Gasteiger partial charge is 0.367 e. The summed E-state index contributed by atoms with van der Waals surface area (Å²) in [6, 6.07) is 8.30. The van der Waals surface area contributed by atoms with Gasteiger partial charge in [0.15, 0.2) is 0 Å². The Labute approximate surface area is 102 Å². The van der Waals surface area contributed by atoms with Crippen LogP contribution < -0.4 is 10.9 Å². The molecule has 94 valence electrons. The molecule has 0 aliphatic rings. The molecule has 1 rings (SSSR count). The van der Waals surface area contributed by atoms with Crippen LogP contribution in [0.4, 0.5) is 0 Å². The van der Waals surface area contributed by atoms with Crippen molar-refractivity contribution in [2.75, 3.05) is 13.7 Å². The van der Waals surface area contributed by atoms with Crippen molar-refractivity contribution in [1.82, 2.24) is 10.9 Å². The van der Waals surface area contributed by atoms with E-state index in [4.69, 9.17) is 4.74 Å². The third kappa shape index (κ3) is 5.47. The normalized spacial score (nSPS) is 10.2. The smallest absolute Gasteiger partial charge is 0.260 e. The predicted octanol–water partition coefficient (Wildman–Crippen LogP) is 1.41. The maximum absolute atomic E-state index is 11.1. The lowest BCUT2D eigenvalue weighted by molar-refractivity contribution is -0.126. The van der Waals surface area contributed by atoms with Crippen molar-refractivity contribution in [3.05, 3.63) is 35.4 Å². The molecule has 0 spiro atoms. The lowest BCUT2D eigenvalue weighted by Gasteiger charge is -2.06. The summed E-state index contributed by atoms with van der Waals surface area (Å²) in [6.45, 7) is 2.69. The minimum atomic E-state index is -0.171. The van der Waals surface area contributed by atoms with E-state index in [0.717, 1.165) is 18.4 Å². The third-order valence-electron chi connectivity index (χ3n) is 2.33. The molecule has 0 aliphatic heterocycles. The topological polar surface area (TPSA) is 50.4 Å². The van der Waals surface area contributed by atoms with Crippen LogP contribution in [0.25, 0.3) is 0 Å². The maximum atomic E-state index is 11.1. The van der Waals surface area contributed by atoms with Gasteiger partial charge in [-0.1, -0.05) is 37.6 Å². The van der Waals surface area contributed by atoms with Gasteiger partial charge in [0.05, 0.1) is 6.61 Å². The second-order valence-corrected chi connectivity index (χ2v) is 3.86. The van der Waals surface area contributed by atoms with Gasteiger partial charge in [0.1, 0.15) is 6.61 Å². The molecule has 1 amide bonds. The monoisotopic (exact) mass is 236 g/mol. The standard InChI is InChI=1S/C13H20N2O2/c1-3-4-11-5-7-12(8-6-11)9-17-10-13(16)15-14-2/h5-8,14H,3-4,9-10H2,1-2H3,(H,15,16). The Hall–Kier alpha value is -1.39. The Morgan fingerprint density at radius 1 is 1.24 bits per heavy atom. The Kier molecular flexibility index (Phi) is 6.29. The summed E-state index contributed by atoms with van der Waals surface area (Å²) in [5.74, 6) is -0.171. The van der Waals surface area contributed by atoms with Crippen molar-refractivity contribution in [2.24, 2.45) is 0 Å². The molecule has 0 radical (unpaired) electrons. The van der Waals surface area contributed by atoms with E-state index in [1.807, 2.05) is 12.1 Å². The fourth-order valence-corrected chi connectivity index (χ4v) is 1.53. The number of benzene rings is 1. The van der Waals surface area contributed by atoms with E-state index in [0.29, 0.717) is 6.61 Å². The number of carbonyl (C=O) groups excluding carboxylic acids is 1. The van der Waals surface area contributed by atoms with E-state index < -0.39 is 0 Å². The van der Waals surface area contributed by atoms with Gasteiger partial charge in [-0.2, -0.15) is 0 Å². The molecular weight excluding hydrogens is 216 g/mol. The van der Waals surface area contributed by atoms with Gasteiger partial charge in [-0.15, -0.1) is 0 Å². The van der Waals surface area contributed by atoms with E-state index in [1.165, 1.54) is 5.56 Å². The molecule has 1 aromatic rings. The highest BCUT2D eigenvalue weighted by atomic mass is 16.5. The molecule has 0 saturated carbocycles. The number of rotatable bonds is 7. The molecule has 0 heterocycles. The molecule has 0 unspecified atom stereocenters. The average Bonchev–Trinajstić information content (AvgIpc) is 2.32. The number of ether oxygens (including phenoxy) is 1. The van der Waals surface area contributed by atoms with Crippen LogP contribution in [0.3, 0.4) is 0 Å². The zero-order chi connectivity index (χ0) is 12.5. The maximum Gasteiger partial charge on any atom is 0.260 e. The molecule has 17 heavy (non-hydrogen) atoms. The first kappa shape index (κ1) is 13.7. The number of carbonyl (C=O) groups is 1. The molecule has 0 saturated heterocycles. The number of hydrazine groups is 1. The average molecular weight is 236 g/mol. The quantitative estimate of drug-likeness (QED) is 0.704. The highest BCUT2D eigenvalue weighted by Crippen LogP contribution is 2.07. The molecule has 0 fully saturated rings. The Bertz CT molecular complexity index is 336. The summed E-state index contributed by atoms with van der Waals surface area (Å²) in [5, 5.41) is 0. The Morgan fingerprint density at radius 2 is 1.88 bits per heavy atom. The van der Waals surface area contributed by atoms with Crippen LogP contribution in [0.2, 0.25) is 0 Å². The van der Waals surface area contributed by atoms with Gasteiger partial charge >= 0.3 is 0 Å². The molecule has 0 aliphatic carbocycles. The van der Waals surface area contributed by atoms with Crippen molar-refractivity contribution in [1.29, 1.82) is 0 Å². The molecule has 0 aromatic heterocycles. The first-order valence-electron chi connectivity index (χ1n) is 5.87. The molecule has 0 bridgehead atoms. The molecule has 4 heteroatoms. The lowest BCUT2D eigenvalue weighted by Crippen LogP contribution is -2.36. The summed E-state index contributed by atoms with van der Waals surface area (Å²) in [4.78, 5) is 11.1. The van der Waals surface area contributed by atoms with E-state index in [2.05, 4.69) is 29.9 Å². The number of aryl methyl sites for hydroxylation is 1. The zero-order valence-electron chi connectivity index (χ0n) is 10.5. The number of amides is 1. The number of hydrogen-bond donors (Lipinski definition) is 2. The molecule has 4 nitrogen and oxygen atoms in total. The Balaban J connectivity index is 2.29. The van der Waals surface area contributed by atoms with Gasteiger partial charge in [-0.3, -0.25) is 10.2 Å². The first-order valence-corrected chi connectivity index (χ1v) is 5.87. The number of nitrogens with one attached hydrogen (secondary N) is 2. The first-order chi connectivity index (χ1) is 8.26. The van der Waals surface area contributed by atoms with E-state index in [-0.39, 0.29) is 12.5 Å². The van der Waals surface area contributed by atoms with Crippen LogP contribution >= 0.6 is 0 Å². The summed E-state index contributed by atoms with van der Waals surface area (Å²) in [5.41, 5.74) is 7.42. The molecule has 1 aromatic carbocycles. The van der Waals surface area contributed by atoms with Crippen LogP contribution in [0.1, 0.15) is 24.5 Å². The van der Waals surface area contributed by atoms with Crippen LogP contribution in [-0.2, 0) is 22.6 Å². The summed E-state index contributed by atoms with van der Waals surface area (Å²) >= 11 is 0. The SMILES string of the molecule is CCCc1ccc(COCC(=O)NNC)cc1. The highest BCUT2D eigenvalue weighted by molar-refractivity contribution is 5.76. The van der Waals surface area contributed by atoms with Gasteiger partial charge in [-0.25, -0.2) is 5.43 Å². The van der Waals surface area contributed by atoms with Crippen molar-refractivity contribution < 1.29 is 9.53 Å². The van der Waals surface area contributed by atoms with Crippen molar-refractivity contribution in [3.63, 3.8) is 0 Å². The van der Waals surface area contributed by atoms with E-state index in [9.17, 15) is 4.79 Å². The fraction of sp³-hybridized carbons (Fsp3) is 0.462. The van der Waals surface area contributed by atoms with Crippen LogP contribution in [0.5, 0.6) is 0 Å². The van der Waals surface area contributed by atoms with E-state index in [1.54, 1.807) is 7.05 Å². The molecule has 2 N–H and O–H groups in total. The summed E-state index contributed by atoms with van der Waals surface area (Å²) < 4.78 is 5.28. The second kappa shape index (κ2) is 7.81.